The topological polar surface area (TPSA) is 35.6 Å². The maximum absolute atomic E-state index is 12.4. The van der Waals surface area contributed by atoms with E-state index in [1.54, 1.807) is 0 Å². The lowest BCUT2D eigenvalue weighted by Crippen LogP contribution is -2.51. The van der Waals surface area contributed by atoms with Crippen molar-refractivity contribution in [1.82, 2.24) is 10.2 Å². The molecule has 2 atom stereocenters. The number of hydrogen-bond donors (Lipinski definition) is 1. The van der Waals surface area contributed by atoms with Crippen molar-refractivity contribution in [3.63, 3.8) is 0 Å². The Morgan fingerprint density at radius 3 is 2.54 bits per heavy atom. The highest BCUT2D eigenvalue weighted by Gasteiger charge is 2.25. The molecule has 0 spiro atoms. The zero-order chi connectivity index (χ0) is 16.9. The zero-order valence-corrected chi connectivity index (χ0v) is 15.1. The van der Waals surface area contributed by atoms with Gasteiger partial charge < -0.3 is 10.2 Å². The van der Waals surface area contributed by atoms with Crippen molar-refractivity contribution in [3.8, 4) is 0 Å². The lowest BCUT2D eigenvalue weighted by Gasteiger charge is -2.37. The van der Waals surface area contributed by atoms with E-state index in [4.69, 9.17) is 0 Å². The van der Waals surface area contributed by atoms with Crippen LogP contribution in [0.4, 0.5) is 5.69 Å². The zero-order valence-electron chi connectivity index (χ0n) is 15.1. The molecule has 0 aromatic heterocycles. The summed E-state index contributed by atoms with van der Waals surface area (Å²) >= 11 is 0. The number of benzene rings is 1. The van der Waals surface area contributed by atoms with Crippen LogP contribution in [0.2, 0.25) is 0 Å². The van der Waals surface area contributed by atoms with Crippen molar-refractivity contribution < 1.29 is 4.79 Å². The highest BCUT2D eigenvalue weighted by atomic mass is 16.2. The fraction of sp³-hybridized carbons (Fsp3) is 0.650. The SMILES string of the molecule is Cc1ccccc1N1CCN(CC(=O)N[C@H]2CCCC[C@@H]2C)CC1. The van der Waals surface area contributed by atoms with Gasteiger partial charge in [-0.1, -0.05) is 38.0 Å². The average Bonchev–Trinajstić information content (AvgIpc) is 2.58. The van der Waals surface area contributed by atoms with Gasteiger partial charge in [0.2, 0.25) is 5.91 Å². The fourth-order valence-corrected chi connectivity index (χ4v) is 4.05. The summed E-state index contributed by atoms with van der Waals surface area (Å²) in [6.07, 6.45) is 4.97. The number of nitrogens with zero attached hydrogens (tertiary/aromatic N) is 2. The van der Waals surface area contributed by atoms with E-state index in [1.165, 1.54) is 30.5 Å². The van der Waals surface area contributed by atoms with Crippen molar-refractivity contribution in [2.24, 2.45) is 5.92 Å². The molecule has 0 radical (unpaired) electrons. The monoisotopic (exact) mass is 329 g/mol. The van der Waals surface area contributed by atoms with Crippen LogP contribution in [0.1, 0.15) is 38.2 Å². The number of rotatable bonds is 4. The Bertz CT molecular complexity index is 552. The first kappa shape index (κ1) is 17.3. The van der Waals surface area contributed by atoms with E-state index in [9.17, 15) is 4.79 Å². The number of nitrogens with one attached hydrogen (secondary N) is 1. The van der Waals surface area contributed by atoms with Gasteiger partial charge in [-0.05, 0) is 37.3 Å². The number of para-hydroxylation sites is 1. The van der Waals surface area contributed by atoms with Crippen LogP contribution < -0.4 is 10.2 Å². The molecule has 0 bridgehead atoms. The second kappa shape index (κ2) is 8.02. The van der Waals surface area contributed by atoms with E-state index in [-0.39, 0.29) is 5.91 Å². The van der Waals surface area contributed by atoms with Crippen molar-refractivity contribution in [2.75, 3.05) is 37.6 Å². The van der Waals surface area contributed by atoms with Crippen LogP contribution in [-0.2, 0) is 4.79 Å². The summed E-state index contributed by atoms with van der Waals surface area (Å²) in [5.41, 5.74) is 2.66. The van der Waals surface area contributed by atoms with Crippen molar-refractivity contribution in [1.29, 1.82) is 0 Å². The summed E-state index contributed by atoms with van der Waals surface area (Å²) in [7, 11) is 0. The molecule has 1 N–H and O–H groups in total. The molecule has 1 aromatic carbocycles. The van der Waals surface area contributed by atoms with Crippen LogP contribution in [0.15, 0.2) is 24.3 Å². The minimum absolute atomic E-state index is 0.207. The second-order valence-electron chi connectivity index (χ2n) is 7.49. The number of hydrogen-bond acceptors (Lipinski definition) is 3. The number of anilines is 1. The molecule has 1 saturated carbocycles. The van der Waals surface area contributed by atoms with Gasteiger partial charge in [0.15, 0.2) is 0 Å². The van der Waals surface area contributed by atoms with E-state index in [0.29, 0.717) is 18.5 Å². The molecule has 3 rings (SSSR count). The molecule has 1 amide bonds. The first-order valence-electron chi connectivity index (χ1n) is 9.46. The highest BCUT2D eigenvalue weighted by molar-refractivity contribution is 5.78. The average molecular weight is 329 g/mol. The molecule has 1 aliphatic carbocycles. The molecule has 1 saturated heterocycles. The van der Waals surface area contributed by atoms with E-state index >= 15 is 0 Å². The molecule has 4 heteroatoms. The number of amides is 1. The van der Waals surface area contributed by atoms with E-state index in [1.807, 2.05) is 0 Å². The van der Waals surface area contributed by atoms with Gasteiger partial charge in [-0.15, -0.1) is 0 Å². The van der Waals surface area contributed by atoms with Crippen LogP contribution in [0, 0.1) is 12.8 Å². The van der Waals surface area contributed by atoms with Crippen molar-refractivity contribution in [3.05, 3.63) is 29.8 Å². The van der Waals surface area contributed by atoms with Crippen LogP contribution in [0.5, 0.6) is 0 Å². The molecular formula is C20H31N3O. The third kappa shape index (κ3) is 4.29. The minimum atomic E-state index is 0.207. The molecule has 4 nitrogen and oxygen atoms in total. The van der Waals surface area contributed by atoms with E-state index < -0.39 is 0 Å². The Labute approximate surface area is 146 Å². The van der Waals surface area contributed by atoms with Gasteiger partial charge in [-0.2, -0.15) is 0 Å². The van der Waals surface area contributed by atoms with Crippen LogP contribution in [0.25, 0.3) is 0 Å². The second-order valence-corrected chi connectivity index (χ2v) is 7.49. The lowest BCUT2D eigenvalue weighted by molar-refractivity contribution is -0.123. The number of piperazine rings is 1. The molecule has 1 heterocycles. The predicted octanol–water partition coefficient (Wildman–Crippen LogP) is 2.81. The number of aryl methyl sites for hydroxylation is 1. The third-order valence-electron chi connectivity index (χ3n) is 5.65. The summed E-state index contributed by atoms with van der Waals surface area (Å²) in [4.78, 5) is 17.1. The summed E-state index contributed by atoms with van der Waals surface area (Å²) < 4.78 is 0. The standard InChI is InChI=1S/C20H31N3O/c1-16-7-3-5-9-18(16)21-20(24)15-22-11-13-23(14-12-22)19-10-6-4-8-17(19)2/h4,6,8,10,16,18H,3,5,7,9,11-15H2,1-2H3,(H,21,24)/t16-,18-/m0/s1. The van der Waals surface area contributed by atoms with Crippen LogP contribution in [0.3, 0.4) is 0 Å². The number of carbonyl (C=O) groups is 1. The van der Waals surface area contributed by atoms with Gasteiger partial charge in [0.1, 0.15) is 0 Å². The molecule has 2 aliphatic rings. The van der Waals surface area contributed by atoms with E-state index in [0.717, 1.165) is 32.6 Å². The van der Waals surface area contributed by atoms with E-state index in [2.05, 4.69) is 53.2 Å². The maximum atomic E-state index is 12.4. The first-order valence-corrected chi connectivity index (χ1v) is 9.46. The van der Waals surface area contributed by atoms with Gasteiger partial charge in [0, 0.05) is 37.9 Å². The fourth-order valence-electron chi connectivity index (χ4n) is 4.05. The Morgan fingerprint density at radius 1 is 1.12 bits per heavy atom. The van der Waals surface area contributed by atoms with Gasteiger partial charge in [-0.25, -0.2) is 0 Å². The number of carbonyl (C=O) groups excluding carboxylic acids is 1. The highest BCUT2D eigenvalue weighted by Crippen LogP contribution is 2.24. The lowest BCUT2D eigenvalue weighted by atomic mass is 9.86. The molecule has 0 unspecified atom stereocenters. The van der Waals surface area contributed by atoms with Crippen LogP contribution in [-0.4, -0.2) is 49.6 Å². The van der Waals surface area contributed by atoms with Crippen molar-refractivity contribution >= 4 is 11.6 Å². The molecule has 1 aromatic rings. The summed E-state index contributed by atoms with van der Waals surface area (Å²) in [5.74, 6) is 0.832. The maximum Gasteiger partial charge on any atom is 0.234 e. The van der Waals surface area contributed by atoms with Gasteiger partial charge >= 0.3 is 0 Å². The smallest absolute Gasteiger partial charge is 0.234 e. The Balaban J connectivity index is 1.45. The molecule has 2 fully saturated rings. The summed E-state index contributed by atoms with van der Waals surface area (Å²) in [5, 5.41) is 3.27. The quantitative estimate of drug-likeness (QED) is 0.923. The van der Waals surface area contributed by atoms with Crippen LogP contribution >= 0.6 is 0 Å². The summed E-state index contributed by atoms with van der Waals surface area (Å²) in [6, 6.07) is 8.95. The summed E-state index contributed by atoms with van der Waals surface area (Å²) in [6.45, 7) is 8.90. The molecule has 24 heavy (non-hydrogen) atoms. The normalized spacial score (nSPS) is 25.5. The van der Waals surface area contributed by atoms with Gasteiger partial charge in [0.25, 0.3) is 0 Å². The molecular weight excluding hydrogens is 298 g/mol. The molecule has 132 valence electrons. The Hall–Kier alpha value is -1.55. The van der Waals surface area contributed by atoms with Gasteiger partial charge in [-0.3, -0.25) is 9.69 Å². The Morgan fingerprint density at radius 2 is 1.83 bits per heavy atom. The predicted molar refractivity (Wildman–Crippen MR) is 99.4 cm³/mol. The van der Waals surface area contributed by atoms with Crippen molar-refractivity contribution in [2.45, 2.75) is 45.6 Å². The minimum Gasteiger partial charge on any atom is -0.369 e. The van der Waals surface area contributed by atoms with Gasteiger partial charge in [0.05, 0.1) is 6.54 Å². The first-order chi connectivity index (χ1) is 11.6. The Kier molecular flexibility index (Phi) is 5.77. The molecule has 1 aliphatic heterocycles. The largest absolute Gasteiger partial charge is 0.369 e. The third-order valence-corrected chi connectivity index (χ3v) is 5.65.